The minimum atomic E-state index is -0.266. The van der Waals surface area contributed by atoms with Crippen LogP contribution in [0.15, 0.2) is 72.8 Å². The summed E-state index contributed by atoms with van der Waals surface area (Å²) in [5.41, 5.74) is 3.00. The van der Waals surface area contributed by atoms with Crippen LogP contribution < -0.4 is 10.6 Å². The molecule has 0 heterocycles. The highest BCUT2D eigenvalue weighted by atomic mass is 32.1. The fourth-order valence-corrected chi connectivity index (χ4v) is 2.73. The summed E-state index contributed by atoms with van der Waals surface area (Å²) < 4.78 is 0. The molecule has 2 N–H and O–H groups in total. The molecule has 0 fully saturated rings. The number of aryl methyl sites for hydroxylation is 1. The monoisotopic (exact) mass is 346 g/mol. The highest BCUT2D eigenvalue weighted by Gasteiger charge is 2.02. The SMILES string of the molecule is Cc1ccc(NC(=S)NC(=O)C=Cc2cccc3ccccc23)cc1. The molecular formula is C21H18N2OS. The molecule has 1 amide bonds. The number of anilines is 1. The standard InChI is InChI=1S/C21H18N2OS/c1-15-9-12-18(13-10-15)22-21(25)23-20(24)14-11-17-7-4-6-16-5-2-3-8-19(16)17/h2-14H,1H3,(H2,22,23,24,25). The summed E-state index contributed by atoms with van der Waals surface area (Å²) in [5, 5.41) is 8.17. The average molecular weight is 346 g/mol. The number of carbonyl (C=O) groups excluding carboxylic acids is 1. The van der Waals surface area contributed by atoms with Gasteiger partial charge in [0.05, 0.1) is 0 Å². The molecule has 0 aromatic heterocycles. The Labute approximate surface area is 152 Å². The van der Waals surface area contributed by atoms with E-state index in [1.165, 1.54) is 11.6 Å². The predicted molar refractivity (Wildman–Crippen MR) is 109 cm³/mol. The molecule has 0 saturated heterocycles. The van der Waals surface area contributed by atoms with Gasteiger partial charge in [0.2, 0.25) is 5.91 Å². The van der Waals surface area contributed by atoms with E-state index >= 15 is 0 Å². The van der Waals surface area contributed by atoms with Crippen molar-refractivity contribution < 1.29 is 4.79 Å². The third-order valence-electron chi connectivity index (χ3n) is 3.78. The van der Waals surface area contributed by atoms with E-state index in [1.807, 2.05) is 73.7 Å². The molecule has 124 valence electrons. The number of benzene rings is 3. The molecule has 3 aromatic carbocycles. The second-order valence-electron chi connectivity index (χ2n) is 5.71. The smallest absolute Gasteiger partial charge is 0.250 e. The summed E-state index contributed by atoms with van der Waals surface area (Å²) in [6, 6.07) is 21.9. The molecule has 0 radical (unpaired) electrons. The lowest BCUT2D eigenvalue weighted by molar-refractivity contribution is -0.115. The minimum Gasteiger partial charge on any atom is -0.332 e. The van der Waals surface area contributed by atoms with Crippen molar-refractivity contribution in [3.05, 3.63) is 83.9 Å². The van der Waals surface area contributed by atoms with Crippen molar-refractivity contribution in [2.24, 2.45) is 0 Å². The normalized spacial score (nSPS) is 10.8. The zero-order valence-corrected chi connectivity index (χ0v) is 14.6. The third kappa shape index (κ3) is 4.52. The Hall–Kier alpha value is -2.98. The topological polar surface area (TPSA) is 41.1 Å². The zero-order chi connectivity index (χ0) is 17.6. The van der Waals surface area contributed by atoms with Gasteiger partial charge in [-0.15, -0.1) is 0 Å². The van der Waals surface area contributed by atoms with E-state index in [1.54, 1.807) is 6.08 Å². The number of rotatable bonds is 3. The molecule has 25 heavy (non-hydrogen) atoms. The molecule has 3 aromatic rings. The number of amides is 1. The maximum atomic E-state index is 12.1. The zero-order valence-electron chi connectivity index (χ0n) is 13.8. The van der Waals surface area contributed by atoms with Crippen LogP contribution in [-0.2, 0) is 4.79 Å². The lowest BCUT2D eigenvalue weighted by Gasteiger charge is -2.08. The van der Waals surface area contributed by atoms with Crippen LogP contribution in [0.2, 0.25) is 0 Å². The van der Waals surface area contributed by atoms with Crippen molar-refractivity contribution in [1.29, 1.82) is 0 Å². The van der Waals surface area contributed by atoms with Gasteiger partial charge in [-0.25, -0.2) is 0 Å². The number of hydrogen-bond acceptors (Lipinski definition) is 2. The first-order valence-electron chi connectivity index (χ1n) is 7.96. The van der Waals surface area contributed by atoms with Crippen molar-refractivity contribution in [2.75, 3.05) is 5.32 Å². The second kappa shape index (κ2) is 7.73. The van der Waals surface area contributed by atoms with Crippen molar-refractivity contribution in [1.82, 2.24) is 5.32 Å². The molecule has 0 aliphatic carbocycles. The van der Waals surface area contributed by atoms with Gasteiger partial charge in [0.1, 0.15) is 0 Å². The van der Waals surface area contributed by atoms with Gasteiger partial charge in [-0.1, -0.05) is 60.2 Å². The fraction of sp³-hybridized carbons (Fsp3) is 0.0476. The largest absolute Gasteiger partial charge is 0.332 e. The third-order valence-corrected chi connectivity index (χ3v) is 3.99. The van der Waals surface area contributed by atoms with Gasteiger partial charge >= 0.3 is 0 Å². The van der Waals surface area contributed by atoms with Gasteiger partial charge in [0.15, 0.2) is 5.11 Å². The van der Waals surface area contributed by atoms with Crippen molar-refractivity contribution in [3.63, 3.8) is 0 Å². The molecule has 4 heteroatoms. The first-order valence-corrected chi connectivity index (χ1v) is 8.37. The minimum absolute atomic E-state index is 0.266. The Morgan fingerprint density at radius 1 is 0.960 bits per heavy atom. The van der Waals surface area contributed by atoms with Gasteiger partial charge in [0, 0.05) is 11.8 Å². The highest BCUT2D eigenvalue weighted by molar-refractivity contribution is 7.80. The number of nitrogens with one attached hydrogen (secondary N) is 2. The number of thiocarbonyl (C=S) groups is 1. The number of fused-ring (bicyclic) bond motifs is 1. The van der Waals surface area contributed by atoms with Crippen LogP contribution in [0.4, 0.5) is 5.69 Å². The van der Waals surface area contributed by atoms with E-state index in [4.69, 9.17) is 12.2 Å². The maximum absolute atomic E-state index is 12.1. The summed E-state index contributed by atoms with van der Waals surface area (Å²) in [5.74, 6) is -0.266. The lowest BCUT2D eigenvalue weighted by Crippen LogP contribution is -2.32. The van der Waals surface area contributed by atoms with Crippen LogP contribution in [0.25, 0.3) is 16.8 Å². The summed E-state index contributed by atoms with van der Waals surface area (Å²) in [4.78, 5) is 12.1. The molecule has 0 unspecified atom stereocenters. The Morgan fingerprint density at radius 2 is 1.68 bits per heavy atom. The Bertz CT molecular complexity index is 940. The van der Waals surface area contributed by atoms with E-state index in [-0.39, 0.29) is 11.0 Å². The predicted octanol–water partition coefficient (Wildman–Crippen LogP) is 4.67. The first-order chi connectivity index (χ1) is 12.1. The Balaban J connectivity index is 1.64. The van der Waals surface area contributed by atoms with Crippen molar-refractivity contribution in [3.8, 4) is 0 Å². The van der Waals surface area contributed by atoms with Gasteiger partial charge in [-0.05, 0) is 53.7 Å². The van der Waals surface area contributed by atoms with Crippen LogP contribution in [0.5, 0.6) is 0 Å². The molecule has 3 rings (SSSR count). The van der Waals surface area contributed by atoms with Crippen LogP contribution in [0.1, 0.15) is 11.1 Å². The fourth-order valence-electron chi connectivity index (χ4n) is 2.51. The number of carbonyl (C=O) groups is 1. The summed E-state index contributed by atoms with van der Waals surface area (Å²) >= 11 is 5.18. The molecule has 0 aliphatic rings. The Morgan fingerprint density at radius 3 is 2.48 bits per heavy atom. The van der Waals surface area contributed by atoms with Gasteiger partial charge < -0.3 is 5.32 Å². The molecule has 0 spiro atoms. The van der Waals surface area contributed by atoms with Crippen LogP contribution in [0.3, 0.4) is 0 Å². The van der Waals surface area contributed by atoms with E-state index in [0.29, 0.717) is 0 Å². The first kappa shape index (κ1) is 16.9. The summed E-state index contributed by atoms with van der Waals surface area (Å²) in [7, 11) is 0. The lowest BCUT2D eigenvalue weighted by atomic mass is 10.0. The van der Waals surface area contributed by atoms with Crippen molar-refractivity contribution in [2.45, 2.75) is 6.92 Å². The molecule has 3 nitrogen and oxygen atoms in total. The summed E-state index contributed by atoms with van der Waals surface area (Å²) in [6.07, 6.45) is 3.29. The molecule has 0 aliphatic heterocycles. The number of hydrogen-bond donors (Lipinski definition) is 2. The van der Waals surface area contributed by atoms with Crippen LogP contribution in [0, 0.1) is 6.92 Å². The van der Waals surface area contributed by atoms with E-state index < -0.39 is 0 Å². The highest BCUT2D eigenvalue weighted by Crippen LogP contribution is 2.19. The van der Waals surface area contributed by atoms with E-state index in [0.717, 1.165) is 22.0 Å². The van der Waals surface area contributed by atoms with Crippen molar-refractivity contribution >= 4 is 45.8 Å². The van der Waals surface area contributed by atoms with Crippen LogP contribution >= 0.6 is 12.2 Å². The van der Waals surface area contributed by atoms with Gasteiger partial charge in [-0.2, -0.15) is 0 Å². The second-order valence-corrected chi connectivity index (χ2v) is 6.12. The van der Waals surface area contributed by atoms with E-state index in [2.05, 4.69) is 10.6 Å². The molecule has 0 atom stereocenters. The summed E-state index contributed by atoms with van der Waals surface area (Å²) in [6.45, 7) is 2.02. The van der Waals surface area contributed by atoms with Gasteiger partial charge in [0.25, 0.3) is 0 Å². The molecular weight excluding hydrogens is 328 g/mol. The van der Waals surface area contributed by atoms with Gasteiger partial charge in [-0.3, -0.25) is 10.1 Å². The van der Waals surface area contributed by atoms with E-state index in [9.17, 15) is 4.79 Å². The van der Waals surface area contributed by atoms with Crippen LogP contribution in [-0.4, -0.2) is 11.0 Å². The maximum Gasteiger partial charge on any atom is 0.250 e. The molecule has 0 saturated carbocycles. The Kier molecular flexibility index (Phi) is 5.21. The average Bonchev–Trinajstić information content (AvgIpc) is 2.62. The molecule has 0 bridgehead atoms. The quantitative estimate of drug-likeness (QED) is 0.535.